The standard InChI is InChI=1S/C10H9Cl2O/c11-9-2-1-3-10(12)8(9)6-13-7-4-5-7/h1-3H,4-6H2. The zero-order valence-corrected chi connectivity index (χ0v) is 8.53. The zero-order valence-electron chi connectivity index (χ0n) is 7.02. The van der Waals surface area contributed by atoms with Gasteiger partial charge in [-0.05, 0) is 25.0 Å². The maximum absolute atomic E-state index is 5.96. The molecule has 3 heteroatoms. The van der Waals surface area contributed by atoms with Crippen LogP contribution in [0.4, 0.5) is 0 Å². The molecular weight excluding hydrogens is 207 g/mol. The highest BCUT2D eigenvalue weighted by Gasteiger charge is 2.24. The minimum absolute atomic E-state index is 0.494. The predicted molar refractivity (Wildman–Crippen MR) is 53.7 cm³/mol. The maximum Gasteiger partial charge on any atom is 0.0977 e. The summed E-state index contributed by atoms with van der Waals surface area (Å²) in [6.45, 7) is 0.494. The van der Waals surface area contributed by atoms with Crippen LogP contribution < -0.4 is 0 Å². The molecule has 69 valence electrons. The van der Waals surface area contributed by atoms with Gasteiger partial charge >= 0.3 is 0 Å². The van der Waals surface area contributed by atoms with E-state index < -0.39 is 0 Å². The van der Waals surface area contributed by atoms with Crippen LogP contribution in [0.3, 0.4) is 0 Å². The minimum atomic E-state index is 0.494. The molecule has 1 aromatic carbocycles. The first-order chi connectivity index (χ1) is 6.27. The van der Waals surface area contributed by atoms with Gasteiger partial charge in [0.15, 0.2) is 0 Å². The molecule has 0 aromatic heterocycles. The number of benzene rings is 1. The second-order valence-electron chi connectivity index (χ2n) is 3.03. The molecule has 1 aliphatic rings. The topological polar surface area (TPSA) is 9.23 Å². The average molecular weight is 216 g/mol. The van der Waals surface area contributed by atoms with Gasteiger partial charge in [-0.25, -0.2) is 0 Å². The maximum atomic E-state index is 5.96. The Morgan fingerprint density at radius 2 is 1.77 bits per heavy atom. The number of halogens is 2. The summed E-state index contributed by atoms with van der Waals surface area (Å²) in [6, 6.07) is 5.48. The largest absolute Gasteiger partial charge is 0.367 e. The van der Waals surface area contributed by atoms with Crippen LogP contribution in [-0.2, 0) is 11.3 Å². The first-order valence-corrected chi connectivity index (χ1v) is 4.93. The van der Waals surface area contributed by atoms with Crippen molar-refractivity contribution < 1.29 is 4.74 Å². The van der Waals surface area contributed by atoms with Crippen LogP contribution in [0.5, 0.6) is 0 Å². The van der Waals surface area contributed by atoms with Crippen LogP contribution in [-0.4, -0.2) is 0 Å². The number of hydrogen-bond donors (Lipinski definition) is 0. The quantitative estimate of drug-likeness (QED) is 0.745. The summed E-state index contributed by atoms with van der Waals surface area (Å²) in [5.74, 6) is 0. The summed E-state index contributed by atoms with van der Waals surface area (Å²) in [7, 11) is 0. The molecule has 0 atom stereocenters. The van der Waals surface area contributed by atoms with E-state index in [-0.39, 0.29) is 0 Å². The lowest BCUT2D eigenvalue weighted by Gasteiger charge is -2.06. The third kappa shape index (κ3) is 2.37. The minimum Gasteiger partial charge on any atom is -0.367 e. The smallest absolute Gasteiger partial charge is 0.0977 e. The van der Waals surface area contributed by atoms with Crippen LogP contribution in [0, 0.1) is 6.10 Å². The first kappa shape index (κ1) is 9.32. The van der Waals surface area contributed by atoms with E-state index in [0.717, 1.165) is 24.5 Å². The second-order valence-corrected chi connectivity index (χ2v) is 3.84. The third-order valence-corrected chi connectivity index (χ3v) is 2.64. The van der Waals surface area contributed by atoms with E-state index >= 15 is 0 Å². The fourth-order valence-electron chi connectivity index (χ4n) is 1.04. The summed E-state index contributed by atoms with van der Waals surface area (Å²) < 4.78 is 5.45. The molecule has 1 saturated carbocycles. The molecule has 0 heterocycles. The highest BCUT2D eigenvalue weighted by molar-refractivity contribution is 6.35. The fourth-order valence-corrected chi connectivity index (χ4v) is 1.55. The fraction of sp³-hybridized carbons (Fsp3) is 0.300. The molecule has 1 fully saturated rings. The molecule has 13 heavy (non-hydrogen) atoms. The summed E-state index contributed by atoms with van der Waals surface area (Å²) in [5.41, 5.74) is 0.880. The molecule has 1 aliphatic carbocycles. The van der Waals surface area contributed by atoms with Gasteiger partial charge in [0.25, 0.3) is 0 Å². The lowest BCUT2D eigenvalue weighted by atomic mass is 10.2. The predicted octanol–water partition coefficient (Wildman–Crippen LogP) is 3.84. The number of hydrogen-bond acceptors (Lipinski definition) is 1. The summed E-state index contributed by atoms with van der Waals surface area (Å²) in [4.78, 5) is 0. The lowest BCUT2D eigenvalue weighted by molar-refractivity contribution is 0.173. The van der Waals surface area contributed by atoms with E-state index in [1.165, 1.54) is 0 Å². The van der Waals surface area contributed by atoms with Crippen LogP contribution in [0.25, 0.3) is 0 Å². The molecule has 1 nitrogen and oxygen atoms in total. The molecule has 1 aromatic rings. The molecule has 0 aliphatic heterocycles. The van der Waals surface area contributed by atoms with Crippen LogP contribution in [0.2, 0.25) is 10.0 Å². The van der Waals surface area contributed by atoms with Gasteiger partial charge in [-0.2, -0.15) is 0 Å². The van der Waals surface area contributed by atoms with E-state index in [1.54, 1.807) is 0 Å². The van der Waals surface area contributed by atoms with Crippen molar-refractivity contribution in [3.8, 4) is 0 Å². The Balaban J connectivity index is 2.07. The van der Waals surface area contributed by atoms with Gasteiger partial charge in [0, 0.05) is 15.6 Å². The molecule has 1 radical (unpaired) electrons. The van der Waals surface area contributed by atoms with Crippen LogP contribution in [0.15, 0.2) is 18.2 Å². The number of ether oxygens (including phenoxy) is 1. The Morgan fingerprint density at radius 1 is 1.15 bits per heavy atom. The van der Waals surface area contributed by atoms with Crippen molar-refractivity contribution in [2.24, 2.45) is 0 Å². The van der Waals surface area contributed by atoms with Gasteiger partial charge in [0.1, 0.15) is 0 Å². The Kier molecular flexibility index (Phi) is 2.77. The van der Waals surface area contributed by atoms with E-state index in [4.69, 9.17) is 27.9 Å². The normalized spacial score (nSPS) is 16.2. The van der Waals surface area contributed by atoms with Gasteiger partial charge < -0.3 is 4.74 Å². The Hall–Kier alpha value is -0.240. The van der Waals surface area contributed by atoms with Crippen molar-refractivity contribution in [2.45, 2.75) is 19.4 Å². The third-order valence-electron chi connectivity index (χ3n) is 1.94. The molecule has 0 saturated heterocycles. The van der Waals surface area contributed by atoms with Gasteiger partial charge in [-0.1, -0.05) is 29.3 Å². The Morgan fingerprint density at radius 3 is 2.31 bits per heavy atom. The SMILES string of the molecule is Clc1cccc(Cl)c1CO[C]1CC1. The molecule has 0 unspecified atom stereocenters. The van der Waals surface area contributed by atoms with Crippen molar-refractivity contribution in [1.29, 1.82) is 0 Å². The van der Waals surface area contributed by atoms with Crippen molar-refractivity contribution in [3.63, 3.8) is 0 Å². The second kappa shape index (κ2) is 3.87. The van der Waals surface area contributed by atoms with Crippen LogP contribution >= 0.6 is 23.2 Å². The molecular formula is C10H9Cl2O. The van der Waals surface area contributed by atoms with Gasteiger partial charge in [0.05, 0.1) is 12.7 Å². The highest BCUT2D eigenvalue weighted by Crippen LogP contribution is 2.35. The molecule has 0 amide bonds. The molecule has 0 bridgehead atoms. The van der Waals surface area contributed by atoms with Gasteiger partial charge in [-0.15, -0.1) is 0 Å². The number of rotatable bonds is 3. The van der Waals surface area contributed by atoms with Crippen molar-refractivity contribution in [3.05, 3.63) is 39.9 Å². The zero-order chi connectivity index (χ0) is 9.26. The van der Waals surface area contributed by atoms with Crippen molar-refractivity contribution >= 4 is 23.2 Å². The average Bonchev–Trinajstić information content (AvgIpc) is 2.87. The molecule has 0 spiro atoms. The van der Waals surface area contributed by atoms with Crippen molar-refractivity contribution in [1.82, 2.24) is 0 Å². The Labute approximate surface area is 87.6 Å². The summed E-state index contributed by atoms with van der Waals surface area (Å²) >= 11 is 11.9. The summed E-state index contributed by atoms with van der Waals surface area (Å²) in [6.07, 6.45) is 3.32. The summed E-state index contributed by atoms with van der Waals surface area (Å²) in [5, 5.41) is 1.35. The van der Waals surface area contributed by atoms with E-state index in [0.29, 0.717) is 16.7 Å². The van der Waals surface area contributed by atoms with Crippen LogP contribution in [0.1, 0.15) is 18.4 Å². The highest BCUT2D eigenvalue weighted by atomic mass is 35.5. The van der Waals surface area contributed by atoms with Gasteiger partial charge in [-0.3, -0.25) is 0 Å². The first-order valence-electron chi connectivity index (χ1n) is 4.18. The lowest BCUT2D eigenvalue weighted by Crippen LogP contribution is -1.92. The van der Waals surface area contributed by atoms with Gasteiger partial charge in [0.2, 0.25) is 0 Å². The Bertz CT molecular complexity index is 288. The molecule has 2 rings (SSSR count). The van der Waals surface area contributed by atoms with E-state index in [1.807, 2.05) is 18.2 Å². The van der Waals surface area contributed by atoms with Crippen molar-refractivity contribution in [2.75, 3.05) is 0 Å². The van der Waals surface area contributed by atoms with E-state index in [2.05, 4.69) is 0 Å². The molecule has 0 N–H and O–H groups in total. The monoisotopic (exact) mass is 215 g/mol. The van der Waals surface area contributed by atoms with E-state index in [9.17, 15) is 0 Å².